The van der Waals surface area contributed by atoms with Crippen LogP contribution in [0, 0.1) is 4.91 Å². The van der Waals surface area contributed by atoms with Crippen molar-refractivity contribution in [2.24, 2.45) is 5.18 Å². The molecule has 1 aliphatic heterocycles. The fraction of sp³-hybridized carbons (Fsp3) is 0.667. The molecule has 1 fully saturated rings. The van der Waals surface area contributed by atoms with Crippen molar-refractivity contribution in [3.63, 3.8) is 0 Å². The molecule has 0 N–H and O–H groups in total. The van der Waals surface area contributed by atoms with E-state index < -0.39 is 10.0 Å². The molecule has 2 unspecified atom stereocenters. The molecule has 2 atom stereocenters. The van der Waals surface area contributed by atoms with Crippen molar-refractivity contribution in [2.75, 3.05) is 6.54 Å². The zero-order valence-electron chi connectivity index (χ0n) is 14.4. The average molecular weight is 352 g/mol. The molecule has 134 valence electrons. The number of rotatable bonds is 10. The molecule has 6 heteroatoms. The smallest absolute Gasteiger partial charge is 0.212 e. The molecule has 0 bridgehead atoms. The summed E-state index contributed by atoms with van der Waals surface area (Å²) in [5, 5.41) is 3.25. The fourth-order valence-electron chi connectivity index (χ4n) is 3.44. The van der Waals surface area contributed by atoms with Crippen molar-refractivity contribution < 1.29 is 8.42 Å². The van der Waals surface area contributed by atoms with Crippen LogP contribution in [0.2, 0.25) is 0 Å². The van der Waals surface area contributed by atoms with Gasteiger partial charge in [-0.2, -0.15) is 9.21 Å². The summed E-state index contributed by atoms with van der Waals surface area (Å²) in [6.45, 7) is 2.68. The van der Waals surface area contributed by atoms with Gasteiger partial charge in [-0.25, -0.2) is 8.42 Å². The normalized spacial score (nSPS) is 20.1. The lowest BCUT2D eigenvalue weighted by atomic mass is 10.0. The molecule has 2 rings (SSSR count). The second kappa shape index (κ2) is 9.28. The first kappa shape index (κ1) is 19.1. The van der Waals surface area contributed by atoms with Crippen LogP contribution in [0.5, 0.6) is 0 Å². The predicted octanol–water partition coefficient (Wildman–Crippen LogP) is 4.09. The number of unbranched alkanes of at least 4 members (excludes halogenated alkanes) is 2. The van der Waals surface area contributed by atoms with Crippen LogP contribution in [0.4, 0.5) is 0 Å². The lowest BCUT2D eigenvalue weighted by Crippen LogP contribution is -2.38. The summed E-state index contributed by atoms with van der Waals surface area (Å²) in [6, 6.07) is 8.91. The maximum absolute atomic E-state index is 12.8. The molecule has 1 aromatic carbocycles. The third-order valence-corrected chi connectivity index (χ3v) is 6.60. The SMILES string of the molecule is CCCCCC(CC1CCCN1S(=O)(=O)Cc1ccccc1)N=O. The van der Waals surface area contributed by atoms with Crippen molar-refractivity contribution in [1.82, 2.24) is 4.31 Å². The van der Waals surface area contributed by atoms with Crippen LogP contribution in [0.3, 0.4) is 0 Å². The van der Waals surface area contributed by atoms with E-state index in [-0.39, 0.29) is 17.8 Å². The molecule has 0 radical (unpaired) electrons. The van der Waals surface area contributed by atoms with Gasteiger partial charge in [-0.05, 0) is 31.2 Å². The monoisotopic (exact) mass is 352 g/mol. The summed E-state index contributed by atoms with van der Waals surface area (Å²) in [6.07, 6.45) is 6.18. The zero-order valence-corrected chi connectivity index (χ0v) is 15.2. The Labute approximate surface area is 145 Å². The molecule has 1 aliphatic rings. The number of hydrogen-bond donors (Lipinski definition) is 0. The number of nitroso groups, excluding NO2 is 1. The maximum atomic E-state index is 12.8. The minimum atomic E-state index is -3.35. The Kier molecular flexibility index (Phi) is 7.37. The van der Waals surface area contributed by atoms with Gasteiger partial charge in [0.15, 0.2) is 0 Å². The molecule has 1 saturated heterocycles. The fourth-order valence-corrected chi connectivity index (χ4v) is 5.27. The van der Waals surface area contributed by atoms with Crippen LogP contribution in [0.1, 0.15) is 57.4 Å². The number of sulfonamides is 1. The summed E-state index contributed by atoms with van der Waals surface area (Å²) in [4.78, 5) is 11.1. The molecule has 0 spiro atoms. The Bertz CT molecular complexity index is 604. The number of nitrogens with zero attached hydrogens (tertiary/aromatic N) is 2. The number of benzene rings is 1. The molecular weight excluding hydrogens is 324 g/mol. The predicted molar refractivity (Wildman–Crippen MR) is 97.1 cm³/mol. The first-order valence-electron chi connectivity index (χ1n) is 8.92. The van der Waals surface area contributed by atoms with Crippen LogP contribution in [0.25, 0.3) is 0 Å². The lowest BCUT2D eigenvalue weighted by molar-refractivity contribution is 0.341. The van der Waals surface area contributed by atoms with E-state index in [0.717, 1.165) is 44.1 Å². The van der Waals surface area contributed by atoms with Crippen LogP contribution in [-0.2, 0) is 15.8 Å². The summed E-state index contributed by atoms with van der Waals surface area (Å²) in [5.41, 5.74) is 0.802. The Hall–Kier alpha value is -1.27. The third-order valence-electron chi connectivity index (χ3n) is 4.71. The maximum Gasteiger partial charge on any atom is 0.218 e. The summed E-state index contributed by atoms with van der Waals surface area (Å²) in [7, 11) is -3.35. The van der Waals surface area contributed by atoms with Gasteiger partial charge in [-0.15, -0.1) is 0 Å². The van der Waals surface area contributed by atoms with E-state index in [0.29, 0.717) is 13.0 Å². The molecule has 1 heterocycles. The molecule has 1 aromatic rings. The minimum absolute atomic E-state index is 0.0271. The van der Waals surface area contributed by atoms with E-state index in [9.17, 15) is 13.3 Å². The molecule has 5 nitrogen and oxygen atoms in total. The van der Waals surface area contributed by atoms with Gasteiger partial charge in [0.2, 0.25) is 10.0 Å². The molecule has 24 heavy (non-hydrogen) atoms. The van der Waals surface area contributed by atoms with E-state index in [1.54, 1.807) is 4.31 Å². The highest BCUT2D eigenvalue weighted by Gasteiger charge is 2.35. The minimum Gasteiger partial charge on any atom is -0.212 e. The second-order valence-corrected chi connectivity index (χ2v) is 8.56. The van der Waals surface area contributed by atoms with Crippen LogP contribution < -0.4 is 0 Å². The largest absolute Gasteiger partial charge is 0.218 e. The Morgan fingerprint density at radius 2 is 2.00 bits per heavy atom. The molecule has 0 amide bonds. The quantitative estimate of drug-likeness (QED) is 0.470. The van der Waals surface area contributed by atoms with Gasteiger partial charge in [0.1, 0.15) is 0 Å². The van der Waals surface area contributed by atoms with Crippen molar-refractivity contribution in [1.29, 1.82) is 0 Å². The van der Waals surface area contributed by atoms with Gasteiger partial charge < -0.3 is 0 Å². The Morgan fingerprint density at radius 3 is 2.67 bits per heavy atom. The highest BCUT2D eigenvalue weighted by atomic mass is 32.2. The van der Waals surface area contributed by atoms with E-state index >= 15 is 0 Å². The standard InChI is InChI=1S/C18H28N2O3S/c1-2-3-5-11-17(19-21)14-18-12-8-13-20(18)24(22,23)15-16-9-6-4-7-10-16/h4,6-7,9-10,17-18H,2-3,5,8,11-15H2,1H3. The third kappa shape index (κ3) is 5.38. The van der Waals surface area contributed by atoms with Crippen LogP contribution in [-0.4, -0.2) is 31.4 Å². The average Bonchev–Trinajstić information content (AvgIpc) is 3.04. The molecule has 0 aromatic heterocycles. The van der Waals surface area contributed by atoms with Crippen molar-refractivity contribution >= 4 is 10.0 Å². The van der Waals surface area contributed by atoms with Crippen LogP contribution in [0.15, 0.2) is 35.5 Å². The van der Waals surface area contributed by atoms with Crippen molar-refractivity contribution in [2.45, 2.75) is 69.7 Å². The van der Waals surface area contributed by atoms with Gasteiger partial charge >= 0.3 is 0 Å². The first-order chi connectivity index (χ1) is 11.6. The molecule has 0 saturated carbocycles. The Morgan fingerprint density at radius 1 is 1.25 bits per heavy atom. The summed E-state index contributed by atoms with van der Waals surface area (Å²) < 4.78 is 27.1. The van der Waals surface area contributed by atoms with Gasteiger partial charge in [0, 0.05) is 12.6 Å². The van der Waals surface area contributed by atoms with Gasteiger partial charge in [-0.1, -0.05) is 61.7 Å². The topological polar surface area (TPSA) is 66.8 Å². The summed E-state index contributed by atoms with van der Waals surface area (Å²) >= 11 is 0. The van der Waals surface area contributed by atoms with Crippen molar-refractivity contribution in [3.05, 3.63) is 40.8 Å². The van der Waals surface area contributed by atoms with E-state index in [4.69, 9.17) is 0 Å². The highest BCUT2D eigenvalue weighted by Crippen LogP contribution is 2.28. The van der Waals surface area contributed by atoms with Gasteiger partial charge in [-0.3, -0.25) is 0 Å². The van der Waals surface area contributed by atoms with Gasteiger partial charge in [0.05, 0.1) is 11.8 Å². The second-order valence-electron chi connectivity index (χ2n) is 6.64. The lowest BCUT2D eigenvalue weighted by Gasteiger charge is -2.25. The number of hydrogen-bond acceptors (Lipinski definition) is 4. The van der Waals surface area contributed by atoms with Gasteiger partial charge in [0.25, 0.3) is 0 Å². The van der Waals surface area contributed by atoms with E-state index in [2.05, 4.69) is 12.1 Å². The first-order valence-corrected chi connectivity index (χ1v) is 10.5. The van der Waals surface area contributed by atoms with E-state index in [1.165, 1.54) is 0 Å². The molecule has 0 aliphatic carbocycles. The van der Waals surface area contributed by atoms with Crippen LogP contribution >= 0.6 is 0 Å². The van der Waals surface area contributed by atoms with Crippen molar-refractivity contribution in [3.8, 4) is 0 Å². The highest BCUT2D eigenvalue weighted by molar-refractivity contribution is 7.88. The zero-order chi connectivity index (χ0) is 17.4. The molecular formula is C18H28N2O3S. The summed E-state index contributed by atoms with van der Waals surface area (Å²) in [5.74, 6) is 0.0271. The Balaban J connectivity index is 1.99. The van der Waals surface area contributed by atoms with E-state index in [1.807, 2.05) is 30.3 Å².